The molecular formula is C11H21N3O3. The molecule has 98 valence electrons. The van der Waals surface area contributed by atoms with Crippen molar-refractivity contribution in [1.29, 1.82) is 0 Å². The summed E-state index contributed by atoms with van der Waals surface area (Å²) in [6.45, 7) is 1.43. The van der Waals surface area contributed by atoms with Crippen LogP contribution < -0.4 is 11.5 Å². The first-order valence-electron chi connectivity index (χ1n) is 5.98. The van der Waals surface area contributed by atoms with E-state index in [2.05, 4.69) is 0 Å². The molecule has 1 saturated heterocycles. The number of carbonyl (C=O) groups excluding carboxylic acids is 2. The van der Waals surface area contributed by atoms with Crippen molar-refractivity contribution in [2.24, 2.45) is 17.4 Å². The summed E-state index contributed by atoms with van der Waals surface area (Å²) in [5.41, 5.74) is 10.6. The largest absolute Gasteiger partial charge is 0.396 e. The van der Waals surface area contributed by atoms with E-state index in [1.165, 1.54) is 0 Å². The van der Waals surface area contributed by atoms with Gasteiger partial charge in [-0.2, -0.15) is 0 Å². The molecule has 0 spiro atoms. The van der Waals surface area contributed by atoms with Gasteiger partial charge in [0, 0.05) is 19.7 Å². The number of hydrogen-bond acceptors (Lipinski definition) is 4. The molecule has 0 aromatic carbocycles. The zero-order valence-electron chi connectivity index (χ0n) is 9.97. The molecular weight excluding hydrogens is 222 g/mol. The lowest BCUT2D eigenvalue weighted by molar-refractivity contribution is -0.136. The molecule has 0 bridgehead atoms. The van der Waals surface area contributed by atoms with Gasteiger partial charge in [-0.3, -0.25) is 9.59 Å². The summed E-state index contributed by atoms with van der Waals surface area (Å²) in [6.07, 6.45) is 2.53. The number of primary amides is 1. The number of aliphatic hydroxyl groups excluding tert-OH is 1. The molecule has 6 heteroatoms. The van der Waals surface area contributed by atoms with Crippen molar-refractivity contribution >= 4 is 11.8 Å². The number of rotatable bonds is 5. The van der Waals surface area contributed by atoms with Crippen LogP contribution in [-0.4, -0.2) is 47.6 Å². The van der Waals surface area contributed by atoms with Gasteiger partial charge in [-0.25, -0.2) is 0 Å². The first-order chi connectivity index (χ1) is 8.04. The predicted octanol–water partition coefficient (Wildman–Crippen LogP) is -1.19. The molecule has 1 rings (SSSR count). The second-order valence-electron chi connectivity index (χ2n) is 4.58. The molecule has 2 unspecified atom stereocenters. The molecule has 5 N–H and O–H groups in total. The van der Waals surface area contributed by atoms with Gasteiger partial charge in [-0.05, 0) is 25.2 Å². The molecule has 0 radical (unpaired) electrons. The van der Waals surface area contributed by atoms with Crippen LogP contribution in [-0.2, 0) is 9.59 Å². The number of piperidine rings is 1. The Kier molecular flexibility index (Phi) is 5.37. The maximum Gasteiger partial charge on any atom is 0.240 e. The Bertz CT molecular complexity index is 281. The van der Waals surface area contributed by atoms with Gasteiger partial charge in [0.15, 0.2) is 0 Å². The van der Waals surface area contributed by atoms with E-state index >= 15 is 0 Å². The maximum atomic E-state index is 11.9. The Morgan fingerprint density at radius 2 is 2.18 bits per heavy atom. The number of likely N-dealkylation sites (tertiary alicyclic amines) is 1. The molecule has 17 heavy (non-hydrogen) atoms. The van der Waals surface area contributed by atoms with E-state index in [-0.39, 0.29) is 18.9 Å². The fourth-order valence-electron chi connectivity index (χ4n) is 2.22. The van der Waals surface area contributed by atoms with Gasteiger partial charge in [-0.1, -0.05) is 0 Å². The number of carbonyl (C=O) groups is 2. The predicted molar refractivity (Wildman–Crippen MR) is 62.8 cm³/mol. The van der Waals surface area contributed by atoms with Gasteiger partial charge in [0.25, 0.3) is 0 Å². The SMILES string of the molecule is NC(=O)CC(N)C(=O)N1CCCC(CCO)C1. The molecule has 0 aromatic heterocycles. The Hall–Kier alpha value is -1.14. The van der Waals surface area contributed by atoms with E-state index in [0.29, 0.717) is 25.4 Å². The van der Waals surface area contributed by atoms with Crippen molar-refractivity contribution in [2.45, 2.75) is 31.7 Å². The molecule has 0 aliphatic carbocycles. The normalized spacial score (nSPS) is 22.2. The van der Waals surface area contributed by atoms with E-state index in [0.717, 1.165) is 12.8 Å². The van der Waals surface area contributed by atoms with Gasteiger partial charge in [0.2, 0.25) is 11.8 Å². The monoisotopic (exact) mass is 243 g/mol. The third-order valence-corrected chi connectivity index (χ3v) is 3.11. The van der Waals surface area contributed by atoms with E-state index in [1.807, 2.05) is 0 Å². The van der Waals surface area contributed by atoms with Crippen LogP contribution in [0.3, 0.4) is 0 Å². The molecule has 2 atom stereocenters. The first-order valence-corrected chi connectivity index (χ1v) is 5.98. The number of nitrogens with zero attached hydrogens (tertiary/aromatic N) is 1. The van der Waals surface area contributed by atoms with Gasteiger partial charge in [-0.15, -0.1) is 0 Å². The van der Waals surface area contributed by atoms with E-state index in [9.17, 15) is 9.59 Å². The lowest BCUT2D eigenvalue weighted by atomic mass is 9.94. The third-order valence-electron chi connectivity index (χ3n) is 3.11. The van der Waals surface area contributed by atoms with Crippen LogP contribution in [0.2, 0.25) is 0 Å². The molecule has 1 fully saturated rings. The minimum atomic E-state index is -0.833. The first kappa shape index (κ1) is 13.9. The fraction of sp³-hybridized carbons (Fsp3) is 0.818. The second-order valence-corrected chi connectivity index (χ2v) is 4.58. The molecule has 1 aliphatic rings. The van der Waals surface area contributed by atoms with Crippen molar-refractivity contribution < 1.29 is 14.7 Å². The van der Waals surface area contributed by atoms with Crippen molar-refractivity contribution in [3.05, 3.63) is 0 Å². The van der Waals surface area contributed by atoms with Crippen LogP contribution >= 0.6 is 0 Å². The van der Waals surface area contributed by atoms with Gasteiger partial charge in [0.05, 0.1) is 12.5 Å². The highest BCUT2D eigenvalue weighted by atomic mass is 16.3. The highest BCUT2D eigenvalue weighted by Crippen LogP contribution is 2.19. The summed E-state index contributed by atoms with van der Waals surface area (Å²) >= 11 is 0. The Labute approximate surface area is 101 Å². The van der Waals surface area contributed by atoms with Crippen LogP contribution in [0.15, 0.2) is 0 Å². The van der Waals surface area contributed by atoms with E-state index in [1.54, 1.807) is 4.90 Å². The van der Waals surface area contributed by atoms with Crippen LogP contribution in [0.25, 0.3) is 0 Å². The van der Waals surface area contributed by atoms with Crippen LogP contribution in [0.1, 0.15) is 25.7 Å². The van der Waals surface area contributed by atoms with Gasteiger partial charge < -0.3 is 21.5 Å². The van der Waals surface area contributed by atoms with Crippen molar-refractivity contribution in [1.82, 2.24) is 4.90 Å². The molecule has 2 amide bonds. The molecule has 6 nitrogen and oxygen atoms in total. The third kappa shape index (κ3) is 4.32. The summed E-state index contributed by atoms with van der Waals surface area (Å²) in [5.74, 6) is -0.445. The summed E-state index contributed by atoms with van der Waals surface area (Å²) < 4.78 is 0. The average Bonchev–Trinajstić information content (AvgIpc) is 2.28. The number of hydrogen-bond donors (Lipinski definition) is 3. The lowest BCUT2D eigenvalue weighted by Crippen LogP contribution is -2.49. The average molecular weight is 243 g/mol. The fourth-order valence-corrected chi connectivity index (χ4v) is 2.22. The van der Waals surface area contributed by atoms with Crippen molar-refractivity contribution in [3.8, 4) is 0 Å². The van der Waals surface area contributed by atoms with Crippen molar-refractivity contribution in [3.63, 3.8) is 0 Å². The zero-order valence-corrected chi connectivity index (χ0v) is 9.97. The minimum Gasteiger partial charge on any atom is -0.396 e. The molecule has 0 saturated carbocycles. The standard InChI is InChI=1S/C11H21N3O3/c12-9(6-10(13)16)11(17)14-4-1-2-8(7-14)3-5-15/h8-9,15H,1-7,12H2,(H2,13,16). The summed E-state index contributed by atoms with van der Waals surface area (Å²) in [5, 5.41) is 8.88. The van der Waals surface area contributed by atoms with Gasteiger partial charge in [0.1, 0.15) is 0 Å². The Balaban J connectivity index is 2.48. The summed E-state index contributed by atoms with van der Waals surface area (Å²) in [4.78, 5) is 24.3. The Morgan fingerprint density at radius 3 is 2.76 bits per heavy atom. The zero-order chi connectivity index (χ0) is 12.8. The van der Waals surface area contributed by atoms with Crippen LogP contribution in [0, 0.1) is 5.92 Å². The summed E-state index contributed by atoms with van der Waals surface area (Å²) in [6, 6.07) is -0.833. The van der Waals surface area contributed by atoms with Crippen LogP contribution in [0.4, 0.5) is 0 Å². The molecule has 1 aliphatic heterocycles. The topological polar surface area (TPSA) is 110 Å². The van der Waals surface area contributed by atoms with Crippen molar-refractivity contribution in [2.75, 3.05) is 19.7 Å². The highest BCUT2D eigenvalue weighted by molar-refractivity contribution is 5.87. The smallest absolute Gasteiger partial charge is 0.240 e. The highest BCUT2D eigenvalue weighted by Gasteiger charge is 2.27. The molecule has 0 aromatic rings. The lowest BCUT2D eigenvalue weighted by Gasteiger charge is -2.34. The van der Waals surface area contributed by atoms with Gasteiger partial charge >= 0.3 is 0 Å². The Morgan fingerprint density at radius 1 is 1.47 bits per heavy atom. The second kappa shape index (κ2) is 6.56. The van der Waals surface area contributed by atoms with Crippen LogP contribution in [0.5, 0.6) is 0 Å². The molecule has 1 heterocycles. The number of nitrogens with two attached hydrogens (primary N) is 2. The minimum absolute atomic E-state index is 0.111. The quantitative estimate of drug-likeness (QED) is 0.564. The maximum absolute atomic E-state index is 11.9. The van der Waals surface area contributed by atoms with E-state index in [4.69, 9.17) is 16.6 Å². The summed E-state index contributed by atoms with van der Waals surface area (Å²) in [7, 11) is 0. The number of aliphatic hydroxyl groups is 1. The van der Waals surface area contributed by atoms with E-state index < -0.39 is 11.9 Å². The number of amides is 2.